The van der Waals surface area contributed by atoms with E-state index < -0.39 is 0 Å². The highest BCUT2D eigenvalue weighted by molar-refractivity contribution is 5.60. The number of aromatic nitrogens is 2. The van der Waals surface area contributed by atoms with E-state index in [0.717, 1.165) is 11.3 Å². The van der Waals surface area contributed by atoms with E-state index in [9.17, 15) is 0 Å². The van der Waals surface area contributed by atoms with Crippen LogP contribution in [0.3, 0.4) is 0 Å². The van der Waals surface area contributed by atoms with Crippen molar-refractivity contribution < 1.29 is 0 Å². The van der Waals surface area contributed by atoms with Crippen molar-refractivity contribution >= 4 is 0 Å². The first-order valence-electron chi connectivity index (χ1n) is 5.57. The molecule has 2 aromatic rings. The zero-order valence-corrected chi connectivity index (χ0v) is 10.3. The maximum absolute atomic E-state index is 8.72. The third-order valence-corrected chi connectivity index (χ3v) is 2.75. The van der Waals surface area contributed by atoms with E-state index in [1.807, 2.05) is 6.07 Å². The predicted molar refractivity (Wildman–Crippen MR) is 67.4 cm³/mol. The van der Waals surface area contributed by atoms with Crippen LogP contribution >= 0.6 is 0 Å². The number of aromatic amines is 1. The zero-order chi connectivity index (χ0) is 12.5. The van der Waals surface area contributed by atoms with Crippen molar-refractivity contribution in [2.75, 3.05) is 0 Å². The Bertz CT molecular complexity index is 550. The molecule has 0 aliphatic carbocycles. The standard InChI is InChI=1S/C14H15N3/c1-14(2,3)11-6-4-10(5-7-11)13-8-12(9-15)16-17-13/h4-8H,1-3H3,(H,16,17). The molecule has 0 amide bonds. The van der Waals surface area contributed by atoms with Gasteiger partial charge >= 0.3 is 0 Å². The second-order valence-corrected chi connectivity index (χ2v) is 5.11. The molecule has 3 heteroatoms. The first kappa shape index (κ1) is 11.4. The number of H-pyrrole nitrogens is 1. The van der Waals surface area contributed by atoms with Gasteiger partial charge in [0.1, 0.15) is 6.07 Å². The molecule has 0 bridgehead atoms. The van der Waals surface area contributed by atoms with Crippen LogP contribution in [0.5, 0.6) is 0 Å². The molecule has 0 aliphatic heterocycles. The molecule has 3 nitrogen and oxygen atoms in total. The molecule has 0 aliphatic rings. The van der Waals surface area contributed by atoms with E-state index in [2.05, 4.69) is 55.2 Å². The minimum Gasteiger partial charge on any atom is -0.277 e. The van der Waals surface area contributed by atoms with E-state index in [1.165, 1.54) is 5.56 Å². The Hall–Kier alpha value is -2.08. The molecule has 0 spiro atoms. The lowest BCUT2D eigenvalue weighted by molar-refractivity contribution is 0.590. The number of benzene rings is 1. The van der Waals surface area contributed by atoms with Crippen LogP contribution in [0, 0.1) is 11.3 Å². The normalized spacial score (nSPS) is 11.2. The summed E-state index contributed by atoms with van der Waals surface area (Å²) < 4.78 is 0. The van der Waals surface area contributed by atoms with Gasteiger partial charge in [-0.25, -0.2) is 0 Å². The number of hydrogen-bond acceptors (Lipinski definition) is 2. The fourth-order valence-corrected chi connectivity index (χ4v) is 1.68. The molecular weight excluding hydrogens is 210 g/mol. The fraction of sp³-hybridized carbons (Fsp3) is 0.286. The predicted octanol–water partition coefficient (Wildman–Crippen LogP) is 3.25. The lowest BCUT2D eigenvalue weighted by atomic mass is 9.86. The van der Waals surface area contributed by atoms with Crippen molar-refractivity contribution in [2.45, 2.75) is 26.2 Å². The quantitative estimate of drug-likeness (QED) is 0.810. The Morgan fingerprint density at radius 2 is 1.82 bits per heavy atom. The van der Waals surface area contributed by atoms with Gasteiger partial charge in [0, 0.05) is 6.07 Å². The van der Waals surface area contributed by atoms with Gasteiger partial charge in [-0.15, -0.1) is 0 Å². The second-order valence-electron chi connectivity index (χ2n) is 5.11. The monoisotopic (exact) mass is 225 g/mol. The molecule has 0 saturated carbocycles. The Balaban J connectivity index is 2.33. The summed E-state index contributed by atoms with van der Waals surface area (Å²) in [5.41, 5.74) is 3.79. The molecule has 1 N–H and O–H groups in total. The van der Waals surface area contributed by atoms with Gasteiger partial charge in [-0.3, -0.25) is 5.10 Å². The molecule has 0 fully saturated rings. The van der Waals surface area contributed by atoms with Crippen LogP contribution in [0.15, 0.2) is 30.3 Å². The van der Waals surface area contributed by atoms with E-state index in [-0.39, 0.29) is 5.41 Å². The molecule has 0 saturated heterocycles. The van der Waals surface area contributed by atoms with Gasteiger partial charge in [0.15, 0.2) is 5.69 Å². The highest BCUT2D eigenvalue weighted by Gasteiger charge is 2.13. The SMILES string of the molecule is CC(C)(C)c1ccc(-c2cc(C#N)n[nH]2)cc1. The van der Waals surface area contributed by atoms with Crippen molar-refractivity contribution in [2.24, 2.45) is 0 Å². The summed E-state index contributed by atoms with van der Waals surface area (Å²) in [6.07, 6.45) is 0. The molecular formula is C14H15N3. The van der Waals surface area contributed by atoms with Crippen molar-refractivity contribution in [1.82, 2.24) is 10.2 Å². The maximum Gasteiger partial charge on any atom is 0.162 e. The summed E-state index contributed by atoms with van der Waals surface area (Å²) in [6, 6.07) is 12.1. The summed E-state index contributed by atoms with van der Waals surface area (Å²) in [4.78, 5) is 0. The topological polar surface area (TPSA) is 52.5 Å². The third kappa shape index (κ3) is 2.36. The van der Waals surface area contributed by atoms with Gasteiger partial charge < -0.3 is 0 Å². The van der Waals surface area contributed by atoms with Gasteiger partial charge in [0.05, 0.1) is 5.69 Å². The molecule has 0 radical (unpaired) electrons. The van der Waals surface area contributed by atoms with Crippen LogP contribution in [0.25, 0.3) is 11.3 Å². The smallest absolute Gasteiger partial charge is 0.162 e. The number of rotatable bonds is 1. The first-order valence-corrected chi connectivity index (χ1v) is 5.57. The minimum absolute atomic E-state index is 0.157. The van der Waals surface area contributed by atoms with E-state index in [0.29, 0.717) is 5.69 Å². The zero-order valence-electron chi connectivity index (χ0n) is 10.3. The van der Waals surface area contributed by atoms with Gasteiger partial charge in [-0.1, -0.05) is 45.0 Å². The first-order chi connectivity index (χ1) is 8.00. The second kappa shape index (κ2) is 4.06. The molecule has 17 heavy (non-hydrogen) atoms. The molecule has 0 atom stereocenters. The maximum atomic E-state index is 8.72. The summed E-state index contributed by atoms with van der Waals surface area (Å²) in [7, 11) is 0. The van der Waals surface area contributed by atoms with E-state index in [4.69, 9.17) is 5.26 Å². The van der Waals surface area contributed by atoms with Gasteiger partial charge in [0.25, 0.3) is 0 Å². The average Bonchev–Trinajstić information content (AvgIpc) is 2.76. The number of nitrogens with one attached hydrogen (secondary N) is 1. The van der Waals surface area contributed by atoms with E-state index in [1.54, 1.807) is 6.07 Å². The van der Waals surface area contributed by atoms with Crippen LogP contribution < -0.4 is 0 Å². The Kier molecular flexibility index (Phi) is 2.72. The van der Waals surface area contributed by atoms with Gasteiger partial charge in [-0.05, 0) is 16.5 Å². The number of hydrogen-bond donors (Lipinski definition) is 1. The molecule has 86 valence electrons. The van der Waals surface area contributed by atoms with Crippen molar-refractivity contribution in [1.29, 1.82) is 5.26 Å². The van der Waals surface area contributed by atoms with Crippen LogP contribution in [0.2, 0.25) is 0 Å². The molecule has 0 unspecified atom stereocenters. The summed E-state index contributed by atoms with van der Waals surface area (Å²) in [5.74, 6) is 0. The highest BCUT2D eigenvalue weighted by atomic mass is 15.1. The molecule has 1 heterocycles. The van der Waals surface area contributed by atoms with Crippen LogP contribution in [-0.2, 0) is 5.41 Å². The lowest BCUT2D eigenvalue weighted by Crippen LogP contribution is -2.10. The summed E-state index contributed by atoms with van der Waals surface area (Å²) in [6.45, 7) is 6.56. The van der Waals surface area contributed by atoms with Crippen LogP contribution in [0.4, 0.5) is 0 Å². The van der Waals surface area contributed by atoms with Crippen LogP contribution in [-0.4, -0.2) is 10.2 Å². The molecule has 2 rings (SSSR count). The molecule has 1 aromatic carbocycles. The summed E-state index contributed by atoms with van der Waals surface area (Å²) >= 11 is 0. The summed E-state index contributed by atoms with van der Waals surface area (Å²) in [5, 5.41) is 15.5. The van der Waals surface area contributed by atoms with Gasteiger partial charge in [-0.2, -0.15) is 10.4 Å². The highest BCUT2D eigenvalue weighted by Crippen LogP contribution is 2.25. The largest absolute Gasteiger partial charge is 0.277 e. The van der Waals surface area contributed by atoms with Gasteiger partial charge in [0.2, 0.25) is 0 Å². The lowest BCUT2D eigenvalue weighted by Gasteiger charge is -2.18. The van der Waals surface area contributed by atoms with Crippen molar-refractivity contribution in [3.05, 3.63) is 41.6 Å². The average molecular weight is 225 g/mol. The number of nitriles is 1. The van der Waals surface area contributed by atoms with Crippen molar-refractivity contribution in [3.8, 4) is 17.3 Å². The van der Waals surface area contributed by atoms with Crippen LogP contribution in [0.1, 0.15) is 32.0 Å². The molecule has 1 aromatic heterocycles. The minimum atomic E-state index is 0.157. The fourth-order valence-electron chi connectivity index (χ4n) is 1.68. The Morgan fingerprint density at radius 1 is 1.18 bits per heavy atom. The van der Waals surface area contributed by atoms with Crippen molar-refractivity contribution in [3.63, 3.8) is 0 Å². The van der Waals surface area contributed by atoms with E-state index >= 15 is 0 Å². The number of nitrogens with zero attached hydrogens (tertiary/aromatic N) is 2. The third-order valence-electron chi connectivity index (χ3n) is 2.75. The Morgan fingerprint density at radius 3 is 2.29 bits per heavy atom. The Labute approximate surface area is 101 Å².